The normalized spacial score (nSPS) is 25.4. The topological polar surface area (TPSA) is 108 Å². The molecule has 2 amide bonds. The second-order valence-corrected chi connectivity index (χ2v) is 6.33. The van der Waals surface area contributed by atoms with Crippen LogP contribution in [0.1, 0.15) is 20.8 Å². The number of amides is 2. The van der Waals surface area contributed by atoms with Crippen LogP contribution in [0, 0.1) is 0 Å². The van der Waals surface area contributed by atoms with E-state index in [1.165, 1.54) is 7.11 Å². The Morgan fingerprint density at radius 1 is 1.27 bits per heavy atom. The highest BCUT2D eigenvalue weighted by atomic mass is 16.5. The van der Waals surface area contributed by atoms with E-state index in [9.17, 15) is 19.8 Å². The molecule has 1 rings (SSSR count). The lowest BCUT2D eigenvalue weighted by Crippen LogP contribution is -2.55. The molecular weight excluding hydrogens is 292 g/mol. The molecule has 0 aliphatic carbocycles. The Morgan fingerprint density at radius 3 is 2.45 bits per heavy atom. The van der Waals surface area contributed by atoms with Crippen molar-refractivity contribution in [3.05, 3.63) is 0 Å². The summed E-state index contributed by atoms with van der Waals surface area (Å²) in [7, 11) is 1.52. The summed E-state index contributed by atoms with van der Waals surface area (Å²) in [5.74, 6) is -0.956. The third kappa shape index (κ3) is 5.20. The van der Waals surface area contributed by atoms with Gasteiger partial charge in [0.25, 0.3) is 0 Å². The van der Waals surface area contributed by atoms with E-state index in [0.717, 1.165) is 4.90 Å². The van der Waals surface area contributed by atoms with Gasteiger partial charge in [-0.2, -0.15) is 0 Å². The van der Waals surface area contributed by atoms with Crippen LogP contribution in [0.3, 0.4) is 0 Å². The maximum atomic E-state index is 12.3. The average Bonchev–Trinajstić information content (AvgIpc) is 2.69. The molecule has 1 unspecified atom stereocenters. The molecule has 3 atom stereocenters. The second kappa shape index (κ2) is 7.87. The Morgan fingerprint density at radius 2 is 1.91 bits per heavy atom. The van der Waals surface area contributed by atoms with Crippen molar-refractivity contribution in [2.45, 2.75) is 44.6 Å². The number of likely N-dealkylation sites (tertiary alicyclic amines) is 1. The van der Waals surface area contributed by atoms with Gasteiger partial charge in [-0.25, -0.2) is 0 Å². The summed E-state index contributed by atoms with van der Waals surface area (Å²) in [6.45, 7) is 5.65. The third-order valence-electron chi connectivity index (χ3n) is 3.18. The van der Waals surface area contributed by atoms with Crippen molar-refractivity contribution in [1.29, 1.82) is 0 Å². The van der Waals surface area contributed by atoms with Gasteiger partial charge in [0.15, 0.2) is 0 Å². The van der Waals surface area contributed by atoms with Gasteiger partial charge in [-0.1, -0.05) is 0 Å². The van der Waals surface area contributed by atoms with Gasteiger partial charge in [-0.15, -0.1) is 0 Å². The first-order valence-electron chi connectivity index (χ1n) is 7.21. The number of methoxy groups -OCH3 is 1. The summed E-state index contributed by atoms with van der Waals surface area (Å²) >= 11 is 0. The fourth-order valence-corrected chi connectivity index (χ4v) is 2.20. The monoisotopic (exact) mass is 318 g/mol. The standard InChI is InChI=1S/C14H26N2O6/c1-14(2,3)15-13(20)11-12(19)9(17)7-16(11)10(18)8-22-6-5-21-4/h9,11-12,17,19H,5-8H2,1-4H3,(H,15,20)/t9-,11?,12+/m0/s1. The maximum Gasteiger partial charge on any atom is 0.249 e. The summed E-state index contributed by atoms with van der Waals surface area (Å²) in [6.07, 6.45) is -2.47. The molecule has 1 aliphatic rings. The van der Waals surface area contributed by atoms with E-state index < -0.39 is 35.6 Å². The predicted octanol–water partition coefficient (Wildman–Crippen LogP) is -1.50. The summed E-state index contributed by atoms with van der Waals surface area (Å²) < 4.78 is 9.94. The molecule has 0 saturated carbocycles. The molecule has 8 heteroatoms. The lowest BCUT2D eigenvalue weighted by atomic mass is 10.1. The van der Waals surface area contributed by atoms with Crippen molar-refractivity contribution in [1.82, 2.24) is 10.2 Å². The molecule has 0 aromatic heterocycles. The van der Waals surface area contributed by atoms with Gasteiger partial charge < -0.3 is 29.9 Å². The molecule has 0 aromatic rings. The Kier molecular flexibility index (Phi) is 6.73. The van der Waals surface area contributed by atoms with Crippen LogP contribution in [0.25, 0.3) is 0 Å². The van der Waals surface area contributed by atoms with Crippen molar-refractivity contribution in [3.8, 4) is 0 Å². The number of ether oxygens (including phenoxy) is 2. The van der Waals surface area contributed by atoms with Crippen LogP contribution < -0.4 is 5.32 Å². The Labute approximate surface area is 130 Å². The number of carbonyl (C=O) groups is 2. The van der Waals surface area contributed by atoms with E-state index in [1.807, 2.05) is 0 Å². The molecule has 8 nitrogen and oxygen atoms in total. The number of aliphatic hydroxyl groups excluding tert-OH is 2. The van der Waals surface area contributed by atoms with E-state index in [0.29, 0.717) is 6.61 Å². The molecule has 1 aliphatic heterocycles. The molecule has 0 spiro atoms. The summed E-state index contributed by atoms with van der Waals surface area (Å²) in [4.78, 5) is 25.6. The van der Waals surface area contributed by atoms with Crippen LogP contribution in [0.4, 0.5) is 0 Å². The first-order valence-corrected chi connectivity index (χ1v) is 7.21. The maximum absolute atomic E-state index is 12.3. The van der Waals surface area contributed by atoms with Gasteiger partial charge in [0.2, 0.25) is 11.8 Å². The fourth-order valence-electron chi connectivity index (χ4n) is 2.20. The summed E-state index contributed by atoms with van der Waals surface area (Å²) in [5, 5.41) is 22.5. The van der Waals surface area contributed by atoms with Gasteiger partial charge in [-0.3, -0.25) is 9.59 Å². The number of hydrogen-bond donors (Lipinski definition) is 3. The predicted molar refractivity (Wildman–Crippen MR) is 78.1 cm³/mol. The highest BCUT2D eigenvalue weighted by molar-refractivity contribution is 5.89. The van der Waals surface area contributed by atoms with Gasteiger partial charge in [0.05, 0.1) is 25.9 Å². The Balaban J connectivity index is 2.70. The molecule has 0 radical (unpaired) electrons. The first kappa shape index (κ1) is 18.8. The number of β-amino-alcohol motifs (C(OH)–C–C–N with tert-alkyl or cyclic N) is 1. The lowest BCUT2D eigenvalue weighted by Gasteiger charge is -2.29. The van der Waals surface area contributed by atoms with E-state index in [1.54, 1.807) is 20.8 Å². The van der Waals surface area contributed by atoms with Crippen LogP contribution in [-0.2, 0) is 19.1 Å². The first-order chi connectivity index (χ1) is 10.2. The zero-order valence-electron chi connectivity index (χ0n) is 13.5. The number of nitrogens with zero attached hydrogens (tertiary/aromatic N) is 1. The van der Waals surface area contributed by atoms with E-state index in [4.69, 9.17) is 9.47 Å². The number of aliphatic hydroxyl groups is 2. The molecule has 22 heavy (non-hydrogen) atoms. The minimum atomic E-state index is -1.31. The fraction of sp³-hybridized carbons (Fsp3) is 0.857. The average molecular weight is 318 g/mol. The van der Waals surface area contributed by atoms with Crippen molar-refractivity contribution in [2.75, 3.05) is 33.5 Å². The van der Waals surface area contributed by atoms with Crippen LogP contribution >= 0.6 is 0 Å². The van der Waals surface area contributed by atoms with Crippen molar-refractivity contribution in [2.24, 2.45) is 0 Å². The lowest BCUT2D eigenvalue weighted by molar-refractivity contribution is -0.144. The number of nitrogens with one attached hydrogen (secondary N) is 1. The van der Waals surface area contributed by atoms with E-state index in [-0.39, 0.29) is 19.8 Å². The summed E-state index contributed by atoms with van der Waals surface area (Å²) in [5.41, 5.74) is -0.506. The van der Waals surface area contributed by atoms with Gasteiger partial charge in [-0.05, 0) is 20.8 Å². The van der Waals surface area contributed by atoms with Crippen LogP contribution in [0.15, 0.2) is 0 Å². The van der Waals surface area contributed by atoms with E-state index in [2.05, 4.69) is 5.32 Å². The van der Waals surface area contributed by atoms with Crippen molar-refractivity contribution < 1.29 is 29.3 Å². The molecule has 1 heterocycles. The van der Waals surface area contributed by atoms with Crippen molar-refractivity contribution >= 4 is 11.8 Å². The van der Waals surface area contributed by atoms with Crippen LogP contribution in [-0.4, -0.2) is 84.2 Å². The number of hydrogen-bond acceptors (Lipinski definition) is 6. The zero-order valence-corrected chi connectivity index (χ0v) is 13.5. The SMILES string of the molecule is COCCOCC(=O)N1C[C@H](O)[C@@H](O)C1C(=O)NC(C)(C)C. The van der Waals surface area contributed by atoms with E-state index >= 15 is 0 Å². The third-order valence-corrected chi connectivity index (χ3v) is 3.18. The smallest absolute Gasteiger partial charge is 0.249 e. The highest BCUT2D eigenvalue weighted by Gasteiger charge is 2.46. The van der Waals surface area contributed by atoms with Gasteiger partial charge in [0.1, 0.15) is 18.8 Å². The van der Waals surface area contributed by atoms with Gasteiger partial charge in [0, 0.05) is 12.6 Å². The molecular formula is C14H26N2O6. The Hall–Kier alpha value is -1.22. The quantitative estimate of drug-likeness (QED) is 0.514. The molecule has 3 N–H and O–H groups in total. The zero-order chi connectivity index (χ0) is 16.9. The molecule has 0 aromatic carbocycles. The number of carbonyl (C=O) groups excluding carboxylic acids is 2. The molecule has 128 valence electrons. The summed E-state index contributed by atoms with van der Waals surface area (Å²) in [6, 6.07) is -1.12. The van der Waals surface area contributed by atoms with Crippen LogP contribution in [0.2, 0.25) is 0 Å². The minimum Gasteiger partial charge on any atom is -0.388 e. The van der Waals surface area contributed by atoms with Gasteiger partial charge >= 0.3 is 0 Å². The highest BCUT2D eigenvalue weighted by Crippen LogP contribution is 2.20. The molecule has 1 fully saturated rings. The minimum absolute atomic E-state index is 0.101. The van der Waals surface area contributed by atoms with Crippen molar-refractivity contribution in [3.63, 3.8) is 0 Å². The second-order valence-electron chi connectivity index (χ2n) is 6.33. The Bertz CT molecular complexity index is 395. The van der Waals surface area contributed by atoms with Crippen LogP contribution in [0.5, 0.6) is 0 Å². The molecule has 0 bridgehead atoms. The number of rotatable bonds is 6. The largest absolute Gasteiger partial charge is 0.388 e. The molecule has 1 saturated heterocycles.